The summed E-state index contributed by atoms with van der Waals surface area (Å²) in [5.41, 5.74) is 1.69. The van der Waals surface area contributed by atoms with Crippen molar-refractivity contribution in [2.75, 3.05) is 6.61 Å². The van der Waals surface area contributed by atoms with Gasteiger partial charge in [-0.05, 0) is 47.5 Å². The number of fused-ring (bicyclic) bond motifs is 3. The Morgan fingerprint density at radius 3 is 2.77 bits per heavy atom. The third-order valence-corrected chi connectivity index (χ3v) is 4.31. The number of carbonyl (C=O) groups is 1. The van der Waals surface area contributed by atoms with E-state index in [1.54, 1.807) is 0 Å². The Balaban J connectivity index is 1.55. The Bertz CT molecular complexity index is 1080. The fourth-order valence-electron chi connectivity index (χ4n) is 3.09. The van der Waals surface area contributed by atoms with Crippen molar-refractivity contribution in [2.24, 2.45) is 0 Å². The maximum absolute atomic E-state index is 12.5. The molecule has 1 N–H and O–H groups in total. The lowest BCUT2D eigenvalue weighted by molar-refractivity contribution is 0.0925. The lowest BCUT2D eigenvalue weighted by atomic mass is 10.1. The predicted molar refractivity (Wildman–Crippen MR) is 103 cm³/mol. The Morgan fingerprint density at radius 1 is 1.00 bits per heavy atom. The molecule has 0 radical (unpaired) electrons. The van der Waals surface area contributed by atoms with Crippen molar-refractivity contribution >= 4 is 27.6 Å². The SMILES string of the molecule is CCOc1cccc(CNC(=O)c2cc3c(ccc4ccccc43)o2)c1. The van der Waals surface area contributed by atoms with Gasteiger partial charge in [-0.25, -0.2) is 0 Å². The highest BCUT2D eigenvalue weighted by atomic mass is 16.5. The molecule has 4 heteroatoms. The minimum absolute atomic E-state index is 0.230. The van der Waals surface area contributed by atoms with Gasteiger partial charge in [-0.1, -0.05) is 42.5 Å². The first-order chi connectivity index (χ1) is 12.7. The normalized spacial score (nSPS) is 11.0. The second-order valence-electron chi connectivity index (χ2n) is 6.07. The van der Waals surface area contributed by atoms with Crippen LogP contribution in [0, 0.1) is 0 Å². The van der Waals surface area contributed by atoms with Crippen LogP contribution in [0.25, 0.3) is 21.7 Å². The van der Waals surface area contributed by atoms with E-state index in [9.17, 15) is 4.79 Å². The van der Waals surface area contributed by atoms with Gasteiger partial charge >= 0.3 is 0 Å². The van der Waals surface area contributed by atoms with Crippen molar-refractivity contribution in [2.45, 2.75) is 13.5 Å². The summed E-state index contributed by atoms with van der Waals surface area (Å²) in [5.74, 6) is 0.888. The number of furan rings is 1. The van der Waals surface area contributed by atoms with Crippen LogP contribution >= 0.6 is 0 Å². The molecule has 26 heavy (non-hydrogen) atoms. The first-order valence-electron chi connectivity index (χ1n) is 8.66. The van der Waals surface area contributed by atoms with Gasteiger partial charge in [0.1, 0.15) is 11.3 Å². The first kappa shape index (κ1) is 16.2. The van der Waals surface area contributed by atoms with Gasteiger partial charge in [0, 0.05) is 11.9 Å². The number of nitrogens with one attached hydrogen (secondary N) is 1. The van der Waals surface area contributed by atoms with Crippen LogP contribution in [0.2, 0.25) is 0 Å². The van der Waals surface area contributed by atoms with Crippen LogP contribution in [-0.2, 0) is 6.54 Å². The lowest BCUT2D eigenvalue weighted by Crippen LogP contribution is -2.22. The molecule has 4 nitrogen and oxygen atoms in total. The molecule has 4 rings (SSSR count). The Hall–Kier alpha value is -3.27. The molecule has 1 heterocycles. The maximum atomic E-state index is 12.5. The summed E-state index contributed by atoms with van der Waals surface area (Å²) in [6.45, 7) is 2.97. The topological polar surface area (TPSA) is 51.5 Å². The molecule has 0 saturated heterocycles. The third-order valence-electron chi connectivity index (χ3n) is 4.31. The molecule has 0 saturated carbocycles. The molecule has 0 unspecified atom stereocenters. The monoisotopic (exact) mass is 345 g/mol. The fourth-order valence-corrected chi connectivity index (χ4v) is 3.09. The predicted octanol–water partition coefficient (Wildman–Crippen LogP) is 4.91. The van der Waals surface area contributed by atoms with Gasteiger partial charge in [0.15, 0.2) is 5.76 Å². The first-order valence-corrected chi connectivity index (χ1v) is 8.66. The molecule has 1 amide bonds. The number of hydrogen-bond donors (Lipinski definition) is 1. The smallest absolute Gasteiger partial charge is 0.287 e. The Morgan fingerprint density at radius 2 is 1.88 bits per heavy atom. The number of rotatable bonds is 5. The van der Waals surface area contributed by atoms with E-state index in [1.807, 2.05) is 73.7 Å². The largest absolute Gasteiger partial charge is 0.494 e. The zero-order valence-electron chi connectivity index (χ0n) is 14.5. The molecule has 3 aromatic carbocycles. The third kappa shape index (κ3) is 3.14. The summed E-state index contributed by atoms with van der Waals surface area (Å²) in [6.07, 6.45) is 0. The quantitative estimate of drug-likeness (QED) is 0.559. The molecular weight excluding hydrogens is 326 g/mol. The van der Waals surface area contributed by atoms with Crippen molar-refractivity contribution < 1.29 is 13.9 Å². The highest BCUT2D eigenvalue weighted by Crippen LogP contribution is 2.28. The summed E-state index contributed by atoms with van der Waals surface area (Å²) in [5, 5.41) is 6.06. The summed E-state index contributed by atoms with van der Waals surface area (Å²) in [4.78, 5) is 12.5. The van der Waals surface area contributed by atoms with E-state index in [4.69, 9.17) is 9.15 Å². The van der Waals surface area contributed by atoms with Crippen molar-refractivity contribution in [3.63, 3.8) is 0 Å². The van der Waals surface area contributed by atoms with Gasteiger partial charge in [-0.15, -0.1) is 0 Å². The highest BCUT2D eigenvalue weighted by Gasteiger charge is 2.13. The molecule has 0 atom stereocenters. The van der Waals surface area contributed by atoms with E-state index in [0.29, 0.717) is 24.5 Å². The zero-order valence-corrected chi connectivity index (χ0v) is 14.5. The molecule has 0 fully saturated rings. The van der Waals surface area contributed by atoms with Gasteiger partial charge in [0.05, 0.1) is 6.61 Å². The summed E-state index contributed by atoms with van der Waals surface area (Å²) in [7, 11) is 0. The van der Waals surface area contributed by atoms with Crippen LogP contribution in [0.1, 0.15) is 23.0 Å². The van der Waals surface area contributed by atoms with Crippen molar-refractivity contribution in [1.29, 1.82) is 0 Å². The Kier molecular flexibility index (Phi) is 4.32. The molecule has 0 aliphatic carbocycles. The van der Waals surface area contributed by atoms with Gasteiger partial charge in [-0.3, -0.25) is 4.79 Å². The summed E-state index contributed by atoms with van der Waals surface area (Å²) >= 11 is 0. The minimum atomic E-state index is -0.230. The zero-order chi connectivity index (χ0) is 17.9. The van der Waals surface area contributed by atoms with E-state index in [-0.39, 0.29) is 5.91 Å². The number of benzene rings is 3. The van der Waals surface area contributed by atoms with Crippen molar-refractivity contribution in [1.82, 2.24) is 5.32 Å². The van der Waals surface area contributed by atoms with E-state index >= 15 is 0 Å². The van der Waals surface area contributed by atoms with E-state index in [2.05, 4.69) is 5.32 Å². The van der Waals surface area contributed by atoms with Crippen LogP contribution in [0.5, 0.6) is 5.75 Å². The van der Waals surface area contributed by atoms with Crippen molar-refractivity contribution in [3.8, 4) is 5.75 Å². The van der Waals surface area contributed by atoms with Crippen LogP contribution in [0.4, 0.5) is 0 Å². The maximum Gasteiger partial charge on any atom is 0.287 e. The van der Waals surface area contributed by atoms with Crippen LogP contribution in [0.3, 0.4) is 0 Å². The molecule has 0 aliphatic rings. The van der Waals surface area contributed by atoms with Crippen molar-refractivity contribution in [3.05, 3.63) is 78.1 Å². The van der Waals surface area contributed by atoms with Crippen LogP contribution < -0.4 is 10.1 Å². The minimum Gasteiger partial charge on any atom is -0.494 e. The Labute approximate surface area is 151 Å². The number of hydrogen-bond acceptors (Lipinski definition) is 3. The van der Waals surface area contributed by atoms with Crippen LogP contribution in [0.15, 0.2) is 71.1 Å². The molecule has 0 spiro atoms. The molecule has 0 bridgehead atoms. The van der Waals surface area contributed by atoms with Gasteiger partial charge in [0.25, 0.3) is 5.91 Å². The van der Waals surface area contributed by atoms with Gasteiger partial charge in [-0.2, -0.15) is 0 Å². The number of ether oxygens (including phenoxy) is 1. The standard InChI is InChI=1S/C22H19NO3/c1-2-25-17-8-5-6-15(12-17)14-23-22(24)21-13-19-18-9-4-3-7-16(18)10-11-20(19)26-21/h3-13H,2,14H2,1H3,(H,23,24). The fraction of sp³-hybridized carbons (Fsp3) is 0.136. The van der Waals surface area contributed by atoms with E-state index in [0.717, 1.165) is 27.5 Å². The summed E-state index contributed by atoms with van der Waals surface area (Å²) < 4.78 is 11.2. The molecule has 4 aromatic rings. The number of carbonyl (C=O) groups excluding carboxylic acids is 1. The number of amides is 1. The van der Waals surface area contributed by atoms with Gasteiger partial charge < -0.3 is 14.5 Å². The average Bonchev–Trinajstić information content (AvgIpc) is 3.12. The van der Waals surface area contributed by atoms with E-state index < -0.39 is 0 Å². The average molecular weight is 345 g/mol. The second-order valence-corrected chi connectivity index (χ2v) is 6.07. The summed E-state index contributed by atoms with van der Waals surface area (Å²) in [6, 6.07) is 21.5. The van der Waals surface area contributed by atoms with E-state index in [1.165, 1.54) is 0 Å². The lowest BCUT2D eigenvalue weighted by Gasteiger charge is -2.06. The highest BCUT2D eigenvalue weighted by molar-refractivity contribution is 6.08. The second kappa shape index (κ2) is 6.92. The molecule has 130 valence electrons. The molecule has 0 aliphatic heterocycles. The molecule has 1 aromatic heterocycles. The van der Waals surface area contributed by atoms with Gasteiger partial charge in [0.2, 0.25) is 0 Å². The molecular formula is C22H19NO3. The van der Waals surface area contributed by atoms with Crippen LogP contribution in [-0.4, -0.2) is 12.5 Å².